The van der Waals surface area contributed by atoms with E-state index in [0.29, 0.717) is 11.3 Å². The van der Waals surface area contributed by atoms with Gasteiger partial charge in [0.15, 0.2) is 12.4 Å². The Kier molecular flexibility index (Phi) is 9.02. The molecular weight excluding hydrogens is 587 g/mol. The van der Waals surface area contributed by atoms with E-state index in [1.165, 1.54) is 12.3 Å². The van der Waals surface area contributed by atoms with Crippen LogP contribution in [0.4, 0.5) is 10.2 Å². The first-order chi connectivity index (χ1) is 22.4. The van der Waals surface area contributed by atoms with Crippen LogP contribution >= 0.6 is 0 Å². The number of aliphatic hydroxyl groups is 1. The maximum absolute atomic E-state index is 15.6. The number of methoxy groups -OCH3 is 1. The lowest BCUT2D eigenvalue weighted by Gasteiger charge is -2.38. The topological polar surface area (TPSA) is 115 Å². The predicted octanol–water partition coefficient (Wildman–Crippen LogP) is 4.68. The van der Waals surface area contributed by atoms with Crippen LogP contribution in [-0.4, -0.2) is 52.6 Å². The fourth-order valence-corrected chi connectivity index (χ4v) is 5.83. The third kappa shape index (κ3) is 6.05. The Labute approximate surface area is 265 Å². The van der Waals surface area contributed by atoms with Gasteiger partial charge >= 0.3 is 5.69 Å². The standard InChI is InChI=1S/C36H33FN4O5/c1-45-28-19-17-27(18-20-28)36(25-13-7-3-8-14-25,26-15-9-4-10-16-26)38-23-29-32(42)31(37)34(46-29)41-22-21-30(40-35(41)44)39-33(43)24-11-5-2-6-12-24/h2-22,29,31-32,34,38,42H,23H2,1H3,(H,39,40,43,44)/t29-,31-,32-,34-/m1/s1. The van der Waals surface area contributed by atoms with Crippen molar-refractivity contribution in [2.45, 2.75) is 30.1 Å². The van der Waals surface area contributed by atoms with Crippen molar-refractivity contribution >= 4 is 11.7 Å². The number of ether oxygens (including phenoxy) is 2. The first-order valence-electron chi connectivity index (χ1n) is 14.8. The molecule has 0 bridgehead atoms. The summed E-state index contributed by atoms with van der Waals surface area (Å²) >= 11 is 0. The van der Waals surface area contributed by atoms with E-state index in [0.717, 1.165) is 21.3 Å². The largest absolute Gasteiger partial charge is 0.497 e. The summed E-state index contributed by atoms with van der Waals surface area (Å²) in [5.74, 6) is 0.267. The summed E-state index contributed by atoms with van der Waals surface area (Å²) in [6.45, 7) is 0.0291. The Balaban J connectivity index is 1.27. The molecule has 1 fully saturated rings. The number of anilines is 1. The lowest BCUT2D eigenvalue weighted by molar-refractivity contribution is -0.0274. The minimum Gasteiger partial charge on any atom is -0.497 e. The van der Waals surface area contributed by atoms with Gasteiger partial charge in [0.25, 0.3) is 5.91 Å². The van der Waals surface area contributed by atoms with E-state index >= 15 is 4.39 Å². The highest BCUT2D eigenvalue weighted by Crippen LogP contribution is 2.39. The molecule has 4 atom stereocenters. The highest BCUT2D eigenvalue weighted by atomic mass is 19.1. The molecule has 10 heteroatoms. The minimum absolute atomic E-state index is 0.0114. The van der Waals surface area contributed by atoms with Gasteiger partial charge < -0.3 is 19.9 Å². The van der Waals surface area contributed by atoms with E-state index in [1.807, 2.05) is 84.9 Å². The fraction of sp³-hybridized carbons (Fsp3) is 0.194. The zero-order valence-electron chi connectivity index (χ0n) is 25.0. The number of benzene rings is 4. The third-order valence-electron chi connectivity index (χ3n) is 8.18. The summed E-state index contributed by atoms with van der Waals surface area (Å²) in [6, 6.07) is 37.2. The Bertz CT molecular complexity index is 1780. The number of amides is 1. The molecule has 46 heavy (non-hydrogen) atoms. The molecule has 1 aliphatic heterocycles. The SMILES string of the molecule is COc1ccc(C(NC[C@H]2O[C@@H](n3ccc(NC(=O)c4ccccc4)nc3=O)[C@H](F)[C@@H]2O)(c2ccccc2)c2ccccc2)cc1. The first-order valence-corrected chi connectivity index (χ1v) is 14.8. The van der Waals surface area contributed by atoms with Gasteiger partial charge in [-0.3, -0.25) is 14.7 Å². The molecule has 0 unspecified atom stereocenters. The van der Waals surface area contributed by atoms with Crippen LogP contribution < -0.4 is 21.1 Å². The normalized spacial score (nSPS) is 19.5. The molecule has 5 aromatic rings. The minimum atomic E-state index is -1.92. The zero-order chi connectivity index (χ0) is 32.1. The summed E-state index contributed by atoms with van der Waals surface area (Å²) in [4.78, 5) is 29.4. The van der Waals surface area contributed by atoms with Crippen LogP contribution in [0.2, 0.25) is 0 Å². The summed E-state index contributed by atoms with van der Waals surface area (Å²) in [6.07, 6.45) is -4.61. The van der Waals surface area contributed by atoms with Crippen molar-refractivity contribution in [3.63, 3.8) is 0 Å². The molecule has 1 amide bonds. The van der Waals surface area contributed by atoms with Crippen LogP contribution in [0.1, 0.15) is 33.3 Å². The number of alkyl halides is 1. The molecule has 0 spiro atoms. The number of halogens is 1. The average Bonchev–Trinajstić information content (AvgIpc) is 3.39. The van der Waals surface area contributed by atoms with Crippen molar-refractivity contribution in [1.82, 2.24) is 14.9 Å². The second-order valence-corrected chi connectivity index (χ2v) is 10.9. The summed E-state index contributed by atoms with van der Waals surface area (Å²) in [5.41, 5.74) is 1.37. The maximum Gasteiger partial charge on any atom is 0.351 e. The van der Waals surface area contributed by atoms with Gasteiger partial charge in [0.2, 0.25) is 0 Å². The lowest BCUT2D eigenvalue weighted by Crippen LogP contribution is -2.49. The summed E-state index contributed by atoms with van der Waals surface area (Å²) in [5, 5.41) is 17.2. The fourth-order valence-electron chi connectivity index (χ4n) is 5.83. The van der Waals surface area contributed by atoms with Crippen LogP contribution in [0.25, 0.3) is 0 Å². The molecule has 0 saturated carbocycles. The van der Waals surface area contributed by atoms with Crippen molar-refractivity contribution in [2.24, 2.45) is 0 Å². The number of nitrogens with zero attached hydrogens (tertiary/aromatic N) is 2. The third-order valence-corrected chi connectivity index (χ3v) is 8.18. The number of carbonyl (C=O) groups excluding carboxylic acids is 1. The first kappa shape index (κ1) is 30.8. The molecule has 1 saturated heterocycles. The number of hydrogen-bond acceptors (Lipinski definition) is 7. The number of aliphatic hydroxyl groups excluding tert-OH is 1. The van der Waals surface area contributed by atoms with Crippen LogP contribution in [-0.2, 0) is 10.3 Å². The van der Waals surface area contributed by atoms with E-state index in [9.17, 15) is 14.7 Å². The van der Waals surface area contributed by atoms with Gasteiger partial charge in [0.05, 0.1) is 12.6 Å². The van der Waals surface area contributed by atoms with E-state index in [4.69, 9.17) is 9.47 Å². The van der Waals surface area contributed by atoms with E-state index in [-0.39, 0.29) is 12.4 Å². The average molecular weight is 621 g/mol. The molecule has 1 aliphatic rings. The van der Waals surface area contributed by atoms with Gasteiger partial charge in [-0.15, -0.1) is 0 Å². The van der Waals surface area contributed by atoms with Gasteiger partial charge in [0, 0.05) is 18.3 Å². The second kappa shape index (κ2) is 13.5. The molecule has 9 nitrogen and oxygen atoms in total. The monoisotopic (exact) mass is 620 g/mol. The Hall–Kier alpha value is -5.16. The van der Waals surface area contributed by atoms with Crippen molar-refractivity contribution in [2.75, 3.05) is 19.0 Å². The summed E-state index contributed by atoms with van der Waals surface area (Å²) < 4.78 is 28.0. The quantitative estimate of drug-likeness (QED) is 0.194. The van der Waals surface area contributed by atoms with Crippen LogP contribution in [0.15, 0.2) is 132 Å². The molecule has 0 radical (unpaired) electrons. The molecular formula is C36H33FN4O5. The zero-order valence-corrected chi connectivity index (χ0v) is 25.0. The van der Waals surface area contributed by atoms with Gasteiger partial charge in [-0.2, -0.15) is 4.98 Å². The number of hydrogen-bond donors (Lipinski definition) is 3. The van der Waals surface area contributed by atoms with Crippen molar-refractivity contribution in [1.29, 1.82) is 0 Å². The van der Waals surface area contributed by atoms with Crippen LogP contribution in [0.5, 0.6) is 5.75 Å². The van der Waals surface area contributed by atoms with Crippen molar-refractivity contribution in [3.8, 4) is 5.75 Å². The maximum atomic E-state index is 15.6. The lowest BCUT2D eigenvalue weighted by atomic mass is 9.77. The van der Waals surface area contributed by atoms with Crippen molar-refractivity contribution < 1.29 is 23.8 Å². The molecule has 6 rings (SSSR count). The predicted molar refractivity (Wildman–Crippen MR) is 171 cm³/mol. The number of aromatic nitrogens is 2. The number of nitrogens with one attached hydrogen (secondary N) is 2. The molecule has 234 valence electrons. The smallest absolute Gasteiger partial charge is 0.351 e. The Morgan fingerprint density at radius 2 is 1.46 bits per heavy atom. The molecule has 4 aromatic carbocycles. The Morgan fingerprint density at radius 1 is 0.891 bits per heavy atom. The van der Waals surface area contributed by atoms with Crippen LogP contribution in [0.3, 0.4) is 0 Å². The molecule has 1 aromatic heterocycles. The highest BCUT2D eigenvalue weighted by molar-refractivity contribution is 6.03. The van der Waals surface area contributed by atoms with E-state index < -0.39 is 41.7 Å². The molecule has 3 N–H and O–H groups in total. The number of rotatable bonds is 10. The highest BCUT2D eigenvalue weighted by Gasteiger charge is 2.47. The van der Waals surface area contributed by atoms with E-state index in [1.54, 1.807) is 37.4 Å². The van der Waals surface area contributed by atoms with Gasteiger partial charge in [-0.05, 0) is 47.0 Å². The van der Waals surface area contributed by atoms with Crippen LogP contribution in [0, 0.1) is 0 Å². The van der Waals surface area contributed by atoms with Gasteiger partial charge in [-0.1, -0.05) is 91.0 Å². The van der Waals surface area contributed by atoms with E-state index in [2.05, 4.69) is 15.6 Å². The number of carbonyl (C=O) groups is 1. The Morgan fingerprint density at radius 3 is 2.02 bits per heavy atom. The molecule has 2 heterocycles. The van der Waals surface area contributed by atoms with Gasteiger partial charge in [-0.25, -0.2) is 9.18 Å². The summed E-state index contributed by atoms with van der Waals surface area (Å²) in [7, 11) is 1.60. The van der Waals surface area contributed by atoms with Crippen molar-refractivity contribution in [3.05, 3.63) is 160 Å². The van der Waals surface area contributed by atoms with Gasteiger partial charge in [0.1, 0.15) is 23.8 Å². The second-order valence-electron chi connectivity index (χ2n) is 10.9. The molecule has 0 aliphatic carbocycles.